The van der Waals surface area contributed by atoms with Crippen molar-refractivity contribution in [3.8, 4) is 11.1 Å². The van der Waals surface area contributed by atoms with E-state index >= 15 is 0 Å². The molecule has 182 valence electrons. The molecule has 9 heteroatoms. The van der Waals surface area contributed by atoms with Crippen molar-refractivity contribution in [3.05, 3.63) is 77.4 Å². The summed E-state index contributed by atoms with van der Waals surface area (Å²) in [7, 11) is 0. The quantitative estimate of drug-likeness (QED) is 0.396. The van der Waals surface area contributed by atoms with Gasteiger partial charge in [-0.1, -0.05) is 12.1 Å². The summed E-state index contributed by atoms with van der Waals surface area (Å²) in [4.78, 5) is 25.0. The normalized spacial score (nSPS) is 17.0. The SMILES string of the molecule is O=C(O)c1cc(NC(=O)C2(c3ccc(C(F)(F)F)cc3F)CC2)ccc1-c1ccn(C2CCC2)c1. The Bertz CT molecular complexity index is 1320. The van der Waals surface area contributed by atoms with Crippen LogP contribution in [-0.2, 0) is 16.4 Å². The molecule has 0 unspecified atom stereocenters. The maximum Gasteiger partial charge on any atom is 0.416 e. The van der Waals surface area contributed by atoms with E-state index in [1.807, 2.05) is 18.5 Å². The molecule has 1 amide bonds. The summed E-state index contributed by atoms with van der Waals surface area (Å²) >= 11 is 0. The standard InChI is InChI=1S/C26H22F4N2O3/c27-22-12-16(26(28,29)30)4-7-21(22)25(9-10-25)24(35)31-17-5-6-19(20(13-17)23(33)34)15-8-11-32(14-15)18-2-1-3-18/h4-8,11-14,18H,1-3,9-10H2,(H,31,35)(H,33,34). The Balaban J connectivity index is 1.39. The molecule has 2 aliphatic rings. The molecule has 2 aliphatic carbocycles. The summed E-state index contributed by atoms with van der Waals surface area (Å²) < 4.78 is 55.3. The highest BCUT2D eigenvalue weighted by atomic mass is 19.4. The average Bonchev–Trinajstić information content (AvgIpc) is 3.43. The molecule has 2 saturated carbocycles. The highest BCUT2D eigenvalue weighted by Gasteiger charge is 2.53. The zero-order valence-electron chi connectivity index (χ0n) is 18.5. The zero-order valence-corrected chi connectivity index (χ0v) is 18.5. The maximum absolute atomic E-state index is 14.6. The summed E-state index contributed by atoms with van der Waals surface area (Å²) in [5.41, 5.74) is -1.04. The van der Waals surface area contributed by atoms with Gasteiger partial charge in [-0.05, 0) is 68.0 Å². The van der Waals surface area contributed by atoms with E-state index in [0.717, 1.165) is 30.5 Å². The maximum atomic E-state index is 14.6. The van der Waals surface area contributed by atoms with Gasteiger partial charge in [0.2, 0.25) is 5.91 Å². The van der Waals surface area contributed by atoms with Gasteiger partial charge in [-0.25, -0.2) is 9.18 Å². The van der Waals surface area contributed by atoms with Crippen LogP contribution in [0, 0.1) is 5.82 Å². The van der Waals surface area contributed by atoms with Crippen LogP contribution in [0.3, 0.4) is 0 Å². The van der Waals surface area contributed by atoms with Crippen LogP contribution in [0.2, 0.25) is 0 Å². The van der Waals surface area contributed by atoms with Gasteiger partial charge in [0.25, 0.3) is 0 Å². The average molecular weight is 486 g/mol. The van der Waals surface area contributed by atoms with E-state index in [1.54, 1.807) is 12.1 Å². The van der Waals surface area contributed by atoms with Gasteiger partial charge in [-0.2, -0.15) is 13.2 Å². The summed E-state index contributed by atoms with van der Waals surface area (Å²) in [5.74, 6) is -2.84. The van der Waals surface area contributed by atoms with Crippen LogP contribution in [0.4, 0.5) is 23.2 Å². The molecule has 1 aromatic heterocycles. The first kappa shape index (κ1) is 23.1. The summed E-state index contributed by atoms with van der Waals surface area (Å²) in [5, 5.41) is 12.4. The summed E-state index contributed by atoms with van der Waals surface area (Å²) in [6.07, 6.45) is 3.06. The molecule has 2 fully saturated rings. The van der Waals surface area contributed by atoms with E-state index in [4.69, 9.17) is 0 Å². The van der Waals surface area contributed by atoms with Gasteiger partial charge in [0.1, 0.15) is 5.82 Å². The number of aromatic carboxylic acids is 1. The van der Waals surface area contributed by atoms with Crippen LogP contribution in [0.1, 0.15) is 59.6 Å². The van der Waals surface area contributed by atoms with Gasteiger partial charge in [0.15, 0.2) is 0 Å². The van der Waals surface area contributed by atoms with E-state index in [2.05, 4.69) is 9.88 Å². The largest absolute Gasteiger partial charge is 0.478 e. The number of carboxylic acid groups (broad SMARTS) is 1. The summed E-state index contributed by atoms with van der Waals surface area (Å²) in [6, 6.07) is 8.96. The molecule has 0 bridgehead atoms. The number of nitrogens with zero attached hydrogens (tertiary/aromatic N) is 1. The third kappa shape index (κ3) is 4.19. The molecule has 0 aliphatic heterocycles. The first-order chi connectivity index (χ1) is 16.6. The van der Waals surface area contributed by atoms with Crippen LogP contribution in [-0.4, -0.2) is 21.6 Å². The van der Waals surface area contributed by atoms with Crippen molar-refractivity contribution in [3.63, 3.8) is 0 Å². The van der Waals surface area contributed by atoms with E-state index in [9.17, 15) is 32.3 Å². The zero-order chi connectivity index (χ0) is 25.0. The van der Waals surface area contributed by atoms with Crippen LogP contribution >= 0.6 is 0 Å². The Morgan fingerprint density at radius 1 is 1.06 bits per heavy atom. The number of hydrogen-bond donors (Lipinski definition) is 2. The Labute approximate surface area is 198 Å². The molecule has 0 atom stereocenters. The van der Waals surface area contributed by atoms with Gasteiger partial charge in [-0.3, -0.25) is 4.79 Å². The molecule has 0 spiro atoms. The third-order valence-corrected chi connectivity index (χ3v) is 7.03. The third-order valence-electron chi connectivity index (χ3n) is 7.03. The van der Waals surface area contributed by atoms with Crippen molar-refractivity contribution in [2.24, 2.45) is 0 Å². The van der Waals surface area contributed by atoms with Gasteiger partial charge in [-0.15, -0.1) is 0 Å². The van der Waals surface area contributed by atoms with Crippen molar-refractivity contribution < 1.29 is 32.3 Å². The number of carboxylic acids is 1. The molecule has 2 aromatic carbocycles. The number of amides is 1. The number of anilines is 1. The topological polar surface area (TPSA) is 71.3 Å². The fourth-order valence-corrected chi connectivity index (χ4v) is 4.61. The van der Waals surface area contributed by atoms with Gasteiger partial charge in [0.05, 0.1) is 16.5 Å². The Morgan fingerprint density at radius 2 is 1.80 bits per heavy atom. The molecule has 2 N–H and O–H groups in total. The molecule has 0 saturated heterocycles. The van der Waals surface area contributed by atoms with Crippen LogP contribution in [0.25, 0.3) is 11.1 Å². The van der Waals surface area contributed by atoms with Gasteiger partial charge < -0.3 is 15.0 Å². The smallest absolute Gasteiger partial charge is 0.416 e. The molecular formula is C26H22F4N2O3. The lowest BCUT2D eigenvalue weighted by Crippen LogP contribution is -2.29. The lowest BCUT2D eigenvalue weighted by atomic mass is 9.92. The number of rotatable bonds is 6. The predicted molar refractivity (Wildman–Crippen MR) is 121 cm³/mol. The van der Waals surface area contributed by atoms with Gasteiger partial charge >= 0.3 is 12.1 Å². The Kier molecular flexibility index (Phi) is 5.45. The minimum Gasteiger partial charge on any atom is -0.478 e. The van der Waals surface area contributed by atoms with Crippen LogP contribution in [0.15, 0.2) is 54.9 Å². The van der Waals surface area contributed by atoms with Crippen LogP contribution in [0.5, 0.6) is 0 Å². The second-order valence-corrected chi connectivity index (χ2v) is 9.23. The second kappa shape index (κ2) is 8.25. The molecule has 5 rings (SSSR count). The highest BCUT2D eigenvalue weighted by molar-refractivity contribution is 6.03. The number of benzene rings is 2. The van der Waals surface area contributed by atoms with Crippen molar-refractivity contribution >= 4 is 17.6 Å². The lowest BCUT2D eigenvalue weighted by Gasteiger charge is -2.27. The minimum absolute atomic E-state index is 0.000262. The molecule has 5 nitrogen and oxygen atoms in total. The highest BCUT2D eigenvalue weighted by Crippen LogP contribution is 2.50. The Hall–Kier alpha value is -3.62. The minimum atomic E-state index is -4.69. The number of nitrogens with one attached hydrogen (secondary N) is 1. The number of halogens is 4. The second-order valence-electron chi connectivity index (χ2n) is 9.23. The van der Waals surface area contributed by atoms with Gasteiger partial charge in [0, 0.05) is 35.2 Å². The van der Waals surface area contributed by atoms with E-state index < -0.39 is 34.8 Å². The number of carbonyl (C=O) groups is 2. The molecule has 3 aromatic rings. The van der Waals surface area contributed by atoms with Crippen molar-refractivity contribution in [1.82, 2.24) is 4.57 Å². The number of carbonyl (C=O) groups excluding carboxylic acids is 1. The first-order valence-electron chi connectivity index (χ1n) is 11.3. The van der Waals surface area contributed by atoms with E-state index in [0.29, 0.717) is 17.7 Å². The van der Waals surface area contributed by atoms with Crippen molar-refractivity contribution in [2.45, 2.75) is 49.7 Å². The van der Waals surface area contributed by atoms with E-state index in [-0.39, 0.29) is 29.7 Å². The Morgan fingerprint density at radius 3 is 2.37 bits per heavy atom. The number of hydrogen-bond acceptors (Lipinski definition) is 2. The van der Waals surface area contributed by atoms with E-state index in [1.165, 1.54) is 12.5 Å². The molecule has 1 heterocycles. The fourth-order valence-electron chi connectivity index (χ4n) is 4.61. The molecule has 35 heavy (non-hydrogen) atoms. The van der Waals surface area contributed by atoms with Crippen molar-refractivity contribution in [1.29, 1.82) is 0 Å². The predicted octanol–water partition coefficient (Wildman–Crippen LogP) is 6.41. The molecule has 0 radical (unpaired) electrons. The molecular weight excluding hydrogens is 464 g/mol. The van der Waals surface area contributed by atoms with Crippen LogP contribution < -0.4 is 5.32 Å². The number of aromatic nitrogens is 1. The first-order valence-corrected chi connectivity index (χ1v) is 11.3. The lowest BCUT2D eigenvalue weighted by molar-refractivity contribution is -0.137. The number of alkyl halides is 3. The fraction of sp³-hybridized carbons (Fsp3) is 0.308. The monoisotopic (exact) mass is 486 g/mol. The van der Waals surface area contributed by atoms with Crippen molar-refractivity contribution in [2.75, 3.05) is 5.32 Å². The summed E-state index contributed by atoms with van der Waals surface area (Å²) in [6.45, 7) is 0.